The van der Waals surface area contributed by atoms with Gasteiger partial charge in [0.15, 0.2) is 0 Å². The Kier molecular flexibility index (Phi) is 3.75. The van der Waals surface area contributed by atoms with Gasteiger partial charge in [-0.25, -0.2) is 4.79 Å². The van der Waals surface area contributed by atoms with Crippen LogP contribution in [-0.2, 0) is 6.54 Å². The summed E-state index contributed by atoms with van der Waals surface area (Å²) in [4.78, 5) is 11.9. The van der Waals surface area contributed by atoms with E-state index in [-0.39, 0.29) is 6.03 Å². The van der Waals surface area contributed by atoms with Gasteiger partial charge < -0.3 is 10.6 Å². The van der Waals surface area contributed by atoms with Gasteiger partial charge in [-0.2, -0.15) is 5.10 Å². The van der Waals surface area contributed by atoms with Crippen LogP contribution in [0.25, 0.3) is 10.9 Å². The molecule has 0 atom stereocenters. The monoisotopic (exact) mass is 300 g/mol. The quantitative estimate of drug-likeness (QED) is 0.692. The number of nitrogens with zero attached hydrogens (tertiary/aromatic N) is 1. The first-order valence-corrected chi connectivity index (χ1v) is 6.81. The van der Waals surface area contributed by atoms with E-state index in [9.17, 15) is 4.79 Å². The SMILES string of the molecule is O=C(NCc1cccc(Cl)c1)Nc1ccc2cn[nH]c2c1. The molecule has 6 heteroatoms. The highest BCUT2D eigenvalue weighted by Gasteiger charge is 2.03. The largest absolute Gasteiger partial charge is 0.334 e. The molecule has 0 bridgehead atoms. The second-order valence-electron chi connectivity index (χ2n) is 4.61. The van der Waals surface area contributed by atoms with Crippen molar-refractivity contribution in [2.24, 2.45) is 0 Å². The number of halogens is 1. The van der Waals surface area contributed by atoms with Crippen molar-refractivity contribution < 1.29 is 4.79 Å². The van der Waals surface area contributed by atoms with Crippen LogP contribution in [-0.4, -0.2) is 16.2 Å². The van der Waals surface area contributed by atoms with Crippen LogP contribution >= 0.6 is 11.6 Å². The minimum absolute atomic E-state index is 0.270. The predicted octanol–water partition coefficient (Wildman–Crippen LogP) is 3.54. The summed E-state index contributed by atoms with van der Waals surface area (Å²) in [5.74, 6) is 0. The molecule has 21 heavy (non-hydrogen) atoms. The van der Waals surface area contributed by atoms with E-state index in [1.165, 1.54) is 0 Å². The van der Waals surface area contributed by atoms with E-state index in [1.807, 2.05) is 36.4 Å². The molecule has 0 saturated heterocycles. The van der Waals surface area contributed by atoms with Crippen LogP contribution in [0.1, 0.15) is 5.56 Å². The second-order valence-corrected chi connectivity index (χ2v) is 5.05. The molecule has 0 aliphatic carbocycles. The van der Waals surface area contributed by atoms with Crippen molar-refractivity contribution in [1.29, 1.82) is 0 Å². The second kappa shape index (κ2) is 5.85. The van der Waals surface area contributed by atoms with Gasteiger partial charge >= 0.3 is 6.03 Å². The Labute approximate surface area is 126 Å². The Morgan fingerprint density at radius 2 is 2.14 bits per heavy atom. The molecule has 2 amide bonds. The summed E-state index contributed by atoms with van der Waals surface area (Å²) in [7, 11) is 0. The zero-order chi connectivity index (χ0) is 14.7. The van der Waals surface area contributed by atoms with Crippen molar-refractivity contribution in [2.45, 2.75) is 6.54 Å². The number of carbonyl (C=O) groups excluding carboxylic acids is 1. The Bertz CT molecular complexity index is 784. The van der Waals surface area contributed by atoms with Crippen molar-refractivity contribution in [3.8, 4) is 0 Å². The summed E-state index contributed by atoms with van der Waals surface area (Å²) >= 11 is 5.90. The Morgan fingerprint density at radius 3 is 3.00 bits per heavy atom. The van der Waals surface area contributed by atoms with E-state index in [1.54, 1.807) is 12.3 Å². The number of rotatable bonds is 3. The van der Waals surface area contributed by atoms with Crippen molar-refractivity contribution in [2.75, 3.05) is 5.32 Å². The molecule has 3 rings (SSSR count). The number of amides is 2. The van der Waals surface area contributed by atoms with Gasteiger partial charge in [0, 0.05) is 22.6 Å². The molecule has 3 aromatic rings. The standard InChI is InChI=1S/C15H13ClN4O/c16-12-3-1-2-10(6-12)8-17-15(21)19-13-5-4-11-9-18-20-14(11)7-13/h1-7,9H,8H2,(H,18,20)(H2,17,19,21). The number of aromatic nitrogens is 2. The van der Waals surface area contributed by atoms with Gasteiger partial charge in [0.2, 0.25) is 0 Å². The number of carbonyl (C=O) groups is 1. The Hall–Kier alpha value is -2.53. The van der Waals surface area contributed by atoms with Crippen LogP contribution in [0.2, 0.25) is 5.02 Å². The van der Waals surface area contributed by atoms with Crippen LogP contribution < -0.4 is 10.6 Å². The van der Waals surface area contributed by atoms with Gasteiger partial charge in [-0.1, -0.05) is 23.7 Å². The van der Waals surface area contributed by atoms with E-state index in [4.69, 9.17) is 11.6 Å². The van der Waals surface area contributed by atoms with Crippen LogP contribution in [0.15, 0.2) is 48.7 Å². The third-order valence-electron chi connectivity index (χ3n) is 3.04. The fourth-order valence-electron chi connectivity index (χ4n) is 2.02. The molecule has 0 saturated carbocycles. The average Bonchev–Trinajstić information content (AvgIpc) is 2.93. The van der Waals surface area contributed by atoms with Gasteiger partial charge in [0.1, 0.15) is 0 Å². The summed E-state index contributed by atoms with van der Waals surface area (Å²) in [6, 6.07) is 12.7. The smallest absolute Gasteiger partial charge is 0.319 e. The van der Waals surface area contributed by atoms with E-state index in [0.29, 0.717) is 17.3 Å². The molecular weight excluding hydrogens is 288 g/mol. The Morgan fingerprint density at radius 1 is 1.24 bits per heavy atom. The number of hydrogen-bond acceptors (Lipinski definition) is 2. The topological polar surface area (TPSA) is 69.8 Å². The first-order valence-electron chi connectivity index (χ1n) is 6.43. The molecule has 0 aliphatic heterocycles. The minimum Gasteiger partial charge on any atom is -0.334 e. The molecular formula is C15H13ClN4O. The maximum atomic E-state index is 11.9. The first-order chi connectivity index (χ1) is 10.2. The zero-order valence-electron chi connectivity index (χ0n) is 11.1. The van der Waals surface area contributed by atoms with Crippen LogP contribution in [0.4, 0.5) is 10.5 Å². The lowest BCUT2D eigenvalue weighted by Crippen LogP contribution is -2.28. The van der Waals surface area contributed by atoms with E-state index in [2.05, 4.69) is 20.8 Å². The van der Waals surface area contributed by atoms with Crippen molar-refractivity contribution in [3.63, 3.8) is 0 Å². The van der Waals surface area contributed by atoms with Gasteiger partial charge in [-0.3, -0.25) is 5.10 Å². The van der Waals surface area contributed by atoms with E-state index in [0.717, 1.165) is 16.5 Å². The molecule has 5 nitrogen and oxygen atoms in total. The molecule has 0 unspecified atom stereocenters. The summed E-state index contributed by atoms with van der Waals surface area (Å²) < 4.78 is 0. The first kappa shape index (κ1) is 13.5. The normalized spacial score (nSPS) is 10.5. The summed E-state index contributed by atoms with van der Waals surface area (Å²) in [5, 5.41) is 14.0. The molecule has 1 heterocycles. The van der Waals surface area contributed by atoms with Gasteiger partial charge in [0.25, 0.3) is 0 Å². The number of anilines is 1. The maximum Gasteiger partial charge on any atom is 0.319 e. The Balaban J connectivity index is 1.60. The molecule has 3 N–H and O–H groups in total. The van der Waals surface area contributed by atoms with Gasteiger partial charge in [-0.05, 0) is 35.9 Å². The maximum absolute atomic E-state index is 11.9. The number of hydrogen-bond donors (Lipinski definition) is 3. The zero-order valence-corrected chi connectivity index (χ0v) is 11.8. The number of urea groups is 1. The third-order valence-corrected chi connectivity index (χ3v) is 3.28. The summed E-state index contributed by atoms with van der Waals surface area (Å²) in [6.45, 7) is 0.415. The number of aromatic amines is 1. The molecule has 0 aliphatic rings. The molecule has 0 spiro atoms. The fraction of sp³-hybridized carbons (Fsp3) is 0.0667. The minimum atomic E-state index is -0.270. The lowest BCUT2D eigenvalue weighted by molar-refractivity contribution is 0.251. The van der Waals surface area contributed by atoms with Crippen LogP contribution in [0.3, 0.4) is 0 Å². The van der Waals surface area contributed by atoms with E-state index >= 15 is 0 Å². The van der Waals surface area contributed by atoms with Crippen LogP contribution in [0, 0.1) is 0 Å². The number of benzene rings is 2. The molecule has 2 aromatic carbocycles. The average molecular weight is 301 g/mol. The highest BCUT2D eigenvalue weighted by atomic mass is 35.5. The lowest BCUT2D eigenvalue weighted by Gasteiger charge is -2.08. The summed E-state index contributed by atoms with van der Waals surface area (Å²) in [5.41, 5.74) is 2.53. The van der Waals surface area contributed by atoms with Crippen molar-refractivity contribution in [1.82, 2.24) is 15.5 Å². The number of H-pyrrole nitrogens is 1. The highest BCUT2D eigenvalue weighted by molar-refractivity contribution is 6.30. The van der Waals surface area contributed by atoms with Gasteiger partial charge in [-0.15, -0.1) is 0 Å². The molecule has 0 radical (unpaired) electrons. The number of nitrogens with one attached hydrogen (secondary N) is 3. The fourth-order valence-corrected chi connectivity index (χ4v) is 2.23. The van der Waals surface area contributed by atoms with E-state index < -0.39 is 0 Å². The lowest BCUT2D eigenvalue weighted by atomic mass is 10.2. The molecule has 106 valence electrons. The van der Waals surface area contributed by atoms with Crippen molar-refractivity contribution in [3.05, 3.63) is 59.2 Å². The molecule has 1 aromatic heterocycles. The predicted molar refractivity (Wildman–Crippen MR) is 83.4 cm³/mol. The third kappa shape index (κ3) is 3.32. The highest BCUT2D eigenvalue weighted by Crippen LogP contribution is 2.16. The number of fused-ring (bicyclic) bond motifs is 1. The molecule has 0 fully saturated rings. The van der Waals surface area contributed by atoms with Crippen LogP contribution in [0.5, 0.6) is 0 Å². The van der Waals surface area contributed by atoms with Crippen molar-refractivity contribution >= 4 is 34.2 Å². The van der Waals surface area contributed by atoms with Gasteiger partial charge in [0.05, 0.1) is 11.7 Å². The summed E-state index contributed by atoms with van der Waals surface area (Å²) in [6.07, 6.45) is 1.73.